The summed E-state index contributed by atoms with van der Waals surface area (Å²) in [6.45, 7) is 5.86. The molecule has 3 nitrogen and oxygen atoms in total. The molecule has 0 unspecified atom stereocenters. The first-order valence-corrected chi connectivity index (χ1v) is 7.55. The third-order valence-electron chi connectivity index (χ3n) is 3.52. The second kappa shape index (κ2) is 5.65. The number of likely N-dealkylation sites (tertiary alicyclic amines) is 1. The summed E-state index contributed by atoms with van der Waals surface area (Å²) >= 11 is 1.84. The Hall–Kier alpha value is -1.16. The lowest BCUT2D eigenvalue weighted by Gasteiger charge is -2.17. The molecule has 1 aliphatic heterocycles. The molecule has 0 radical (unpaired) electrons. The van der Waals surface area contributed by atoms with Crippen LogP contribution in [0.5, 0.6) is 0 Å². The van der Waals surface area contributed by atoms with Gasteiger partial charge in [-0.05, 0) is 49.8 Å². The lowest BCUT2D eigenvalue weighted by Crippen LogP contribution is -2.33. The van der Waals surface area contributed by atoms with Gasteiger partial charge in [-0.15, -0.1) is 0 Å². The molecule has 1 saturated heterocycles. The van der Waals surface area contributed by atoms with Crippen molar-refractivity contribution in [2.75, 3.05) is 24.7 Å². The summed E-state index contributed by atoms with van der Waals surface area (Å²) in [5.74, 6) is 0. The third kappa shape index (κ3) is 2.99. The Morgan fingerprint density at radius 2 is 2.17 bits per heavy atom. The Kier molecular flexibility index (Phi) is 4.17. The number of amides is 2. The number of thioether (sulfide) groups is 1. The van der Waals surface area contributed by atoms with Crippen LogP contribution in [0.25, 0.3) is 0 Å². The van der Waals surface area contributed by atoms with Gasteiger partial charge in [0.2, 0.25) is 0 Å². The van der Waals surface area contributed by atoms with Crippen molar-refractivity contribution in [3.05, 3.63) is 29.3 Å². The second-order valence-electron chi connectivity index (χ2n) is 4.82. The van der Waals surface area contributed by atoms with E-state index in [1.807, 2.05) is 34.9 Å². The van der Waals surface area contributed by atoms with Gasteiger partial charge in [0.25, 0.3) is 0 Å². The maximum Gasteiger partial charge on any atom is 0.321 e. The topological polar surface area (TPSA) is 32.3 Å². The highest BCUT2D eigenvalue weighted by molar-refractivity contribution is 7.99. The van der Waals surface area contributed by atoms with E-state index >= 15 is 0 Å². The fourth-order valence-corrected chi connectivity index (χ4v) is 2.80. The van der Waals surface area contributed by atoms with Crippen molar-refractivity contribution in [2.45, 2.75) is 25.5 Å². The third-order valence-corrected chi connectivity index (χ3v) is 4.58. The zero-order chi connectivity index (χ0) is 13.1. The average Bonchev–Trinajstić information content (AvgIpc) is 2.82. The first-order valence-electron chi connectivity index (χ1n) is 6.26. The monoisotopic (exact) mass is 264 g/mol. The van der Waals surface area contributed by atoms with Crippen LogP contribution in [0.4, 0.5) is 10.5 Å². The van der Waals surface area contributed by atoms with Crippen LogP contribution < -0.4 is 5.32 Å². The highest BCUT2D eigenvalue weighted by Crippen LogP contribution is 2.21. The fourth-order valence-electron chi connectivity index (χ4n) is 2.13. The highest BCUT2D eigenvalue weighted by atomic mass is 32.2. The number of hydrogen-bond donors (Lipinski definition) is 1. The van der Waals surface area contributed by atoms with Gasteiger partial charge >= 0.3 is 6.03 Å². The minimum absolute atomic E-state index is 0.0230. The largest absolute Gasteiger partial charge is 0.323 e. The molecule has 0 bridgehead atoms. The summed E-state index contributed by atoms with van der Waals surface area (Å²) in [7, 11) is 0. The van der Waals surface area contributed by atoms with Gasteiger partial charge in [0, 0.05) is 24.0 Å². The molecule has 1 aliphatic rings. The zero-order valence-corrected chi connectivity index (χ0v) is 12.0. The molecule has 1 atom stereocenters. The minimum atomic E-state index is 0.0230. The Bertz CT molecular complexity index is 447. The number of urea groups is 1. The van der Waals surface area contributed by atoms with Gasteiger partial charge in [-0.2, -0.15) is 11.8 Å². The van der Waals surface area contributed by atoms with Crippen LogP contribution in [-0.2, 0) is 0 Å². The molecule has 2 rings (SSSR count). The molecule has 18 heavy (non-hydrogen) atoms. The SMILES string of the molecule is CS[C@@H]1CCN(C(=O)Nc2ccc(C)c(C)c2)C1. The maximum absolute atomic E-state index is 12.1. The number of nitrogens with one attached hydrogen (secondary N) is 1. The van der Waals surface area contributed by atoms with Crippen LogP contribution in [0.2, 0.25) is 0 Å². The lowest BCUT2D eigenvalue weighted by molar-refractivity contribution is 0.222. The normalized spacial score (nSPS) is 19.1. The van der Waals surface area contributed by atoms with Crippen molar-refractivity contribution < 1.29 is 4.79 Å². The molecule has 1 aromatic rings. The van der Waals surface area contributed by atoms with Crippen LogP contribution in [-0.4, -0.2) is 35.5 Å². The fraction of sp³-hybridized carbons (Fsp3) is 0.500. The predicted molar refractivity (Wildman–Crippen MR) is 78.4 cm³/mol. The number of anilines is 1. The van der Waals surface area contributed by atoms with Gasteiger partial charge < -0.3 is 10.2 Å². The highest BCUT2D eigenvalue weighted by Gasteiger charge is 2.25. The van der Waals surface area contributed by atoms with Crippen LogP contribution in [0.3, 0.4) is 0 Å². The number of benzene rings is 1. The zero-order valence-electron chi connectivity index (χ0n) is 11.2. The Morgan fingerprint density at radius 3 is 2.78 bits per heavy atom. The van der Waals surface area contributed by atoms with Crippen LogP contribution in [0.1, 0.15) is 17.5 Å². The number of carbonyl (C=O) groups is 1. The van der Waals surface area contributed by atoms with Crippen molar-refractivity contribution in [3.63, 3.8) is 0 Å². The van der Waals surface area contributed by atoms with Gasteiger partial charge in [-0.3, -0.25) is 0 Å². The van der Waals surface area contributed by atoms with Crippen molar-refractivity contribution in [1.29, 1.82) is 0 Å². The summed E-state index contributed by atoms with van der Waals surface area (Å²) in [5.41, 5.74) is 3.34. The molecule has 1 heterocycles. The van der Waals surface area contributed by atoms with Gasteiger partial charge in [0.05, 0.1) is 0 Å². The molecule has 98 valence electrons. The maximum atomic E-state index is 12.1. The van der Waals surface area contributed by atoms with E-state index < -0.39 is 0 Å². The van der Waals surface area contributed by atoms with E-state index in [1.165, 1.54) is 11.1 Å². The van der Waals surface area contributed by atoms with Crippen molar-refractivity contribution in [1.82, 2.24) is 4.90 Å². The lowest BCUT2D eigenvalue weighted by atomic mass is 10.1. The Labute approximate surface area is 113 Å². The molecule has 0 saturated carbocycles. The van der Waals surface area contributed by atoms with E-state index in [2.05, 4.69) is 25.4 Å². The van der Waals surface area contributed by atoms with Crippen LogP contribution >= 0.6 is 11.8 Å². The van der Waals surface area contributed by atoms with Crippen LogP contribution in [0.15, 0.2) is 18.2 Å². The molecular formula is C14H20N2OS. The van der Waals surface area contributed by atoms with E-state index in [-0.39, 0.29) is 6.03 Å². The number of carbonyl (C=O) groups excluding carboxylic acids is 1. The number of aryl methyl sites for hydroxylation is 2. The van der Waals surface area contributed by atoms with Gasteiger partial charge in [0.1, 0.15) is 0 Å². The molecule has 0 spiro atoms. The molecule has 1 N–H and O–H groups in total. The van der Waals surface area contributed by atoms with E-state index in [0.717, 1.165) is 25.2 Å². The van der Waals surface area contributed by atoms with Crippen molar-refractivity contribution in [3.8, 4) is 0 Å². The van der Waals surface area contributed by atoms with E-state index in [9.17, 15) is 4.79 Å². The molecular weight excluding hydrogens is 244 g/mol. The molecule has 2 amide bonds. The minimum Gasteiger partial charge on any atom is -0.323 e. The first kappa shape index (κ1) is 13.3. The summed E-state index contributed by atoms with van der Waals surface area (Å²) in [4.78, 5) is 14.0. The Balaban J connectivity index is 1.97. The van der Waals surface area contributed by atoms with E-state index in [4.69, 9.17) is 0 Å². The molecule has 0 aliphatic carbocycles. The summed E-state index contributed by atoms with van der Waals surface area (Å²) in [6.07, 6.45) is 3.21. The van der Waals surface area contributed by atoms with Crippen molar-refractivity contribution in [2.24, 2.45) is 0 Å². The van der Waals surface area contributed by atoms with E-state index in [0.29, 0.717) is 5.25 Å². The second-order valence-corrected chi connectivity index (χ2v) is 5.96. The molecule has 1 aromatic carbocycles. The quantitative estimate of drug-likeness (QED) is 0.889. The van der Waals surface area contributed by atoms with Crippen LogP contribution in [0, 0.1) is 13.8 Å². The van der Waals surface area contributed by atoms with Gasteiger partial charge in [-0.1, -0.05) is 6.07 Å². The van der Waals surface area contributed by atoms with Gasteiger partial charge in [-0.25, -0.2) is 4.79 Å². The summed E-state index contributed by atoms with van der Waals surface area (Å²) in [5, 5.41) is 3.57. The Morgan fingerprint density at radius 1 is 1.39 bits per heavy atom. The number of hydrogen-bond acceptors (Lipinski definition) is 2. The molecule has 1 fully saturated rings. The summed E-state index contributed by atoms with van der Waals surface area (Å²) < 4.78 is 0. The predicted octanol–water partition coefficient (Wildman–Crippen LogP) is 3.27. The summed E-state index contributed by atoms with van der Waals surface area (Å²) in [6, 6.07) is 6.05. The smallest absolute Gasteiger partial charge is 0.321 e. The van der Waals surface area contributed by atoms with Crippen molar-refractivity contribution >= 4 is 23.5 Å². The first-order chi connectivity index (χ1) is 8.60. The molecule has 0 aromatic heterocycles. The van der Waals surface area contributed by atoms with Gasteiger partial charge in [0.15, 0.2) is 0 Å². The number of rotatable bonds is 2. The number of nitrogens with zero attached hydrogens (tertiary/aromatic N) is 1. The average molecular weight is 264 g/mol. The molecule has 4 heteroatoms. The van der Waals surface area contributed by atoms with E-state index in [1.54, 1.807) is 0 Å². The standard InChI is InChI=1S/C14H20N2OS/c1-10-4-5-12(8-11(10)2)15-14(17)16-7-6-13(9-16)18-3/h4-5,8,13H,6-7,9H2,1-3H3,(H,15,17)/t13-/m1/s1.